The standard InChI is InChI=1S/C12H17BrN2O/c13-11-5-10(6-14-8-11)7-15-9-12-3-1-2-4-16-12/h5-6,8,12,15H,1-4,7,9H2. The summed E-state index contributed by atoms with van der Waals surface area (Å²) in [6.45, 7) is 2.71. The summed E-state index contributed by atoms with van der Waals surface area (Å²) in [4.78, 5) is 4.13. The summed E-state index contributed by atoms with van der Waals surface area (Å²) in [5.41, 5.74) is 1.20. The molecular formula is C12H17BrN2O. The predicted octanol–water partition coefficient (Wildman–Crippen LogP) is 2.50. The average Bonchev–Trinajstić information content (AvgIpc) is 2.30. The van der Waals surface area contributed by atoms with E-state index in [-0.39, 0.29) is 0 Å². The maximum absolute atomic E-state index is 5.65. The van der Waals surface area contributed by atoms with E-state index in [1.807, 2.05) is 6.20 Å². The summed E-state index contributed by atoms with van der Waals surface area (Å²) < 4.78 is 6.68. The van der Waals surface area contributed by atoms with Gasteiger partial charge >= 0.3 is 0 Å². The first-order valence-electron chi connectivity index (χ1n) is 5.76. The topological polar surface area (TPSA) is 34.2 Å². The first kappa shape index (κ1) is 12.0. The van der Waals surface area contributed by atoms with Crippen LogP contribution in [0.25, 0.3) is 0 Å². The van der Waals surface area contributed by atoms with Crippen molar-refractivity contribution in [1.29, 1.82) is 0 Å². The van der Waals surface area contributed by atoms with E-state index >= 15 is 0 Å². The van der Waals surface area contributed by atoms with E-state index in [1.54, 1.807) is 6.20 Å². The third-order valence-corrected chi connectivity index (χ3v) is 3.17. The molecule has 0 aliphatic carbocycles. The Kier molecular flexibility index (Phi) is 4.75. The number of halogens is 1. The van der Waals surface area contributed by atoms with Gasteiger partial charge in [-0.3, -0.25) is 4.98 Å². The highest BCUT2D eigenvalue weighted by Crippen LogP contribution is 2.12. The van der Waals surface area contributed by atoms with Crippen molar-refractivity contribution in [2.45, 2.75) is 31.9 Å². The number of nitrogens with zero attached hydrogens (tertiary/aromatic N) is 1. The van der Waals surface area contributed by atoms with Gasteiger partial charge in [-0.25, -0.2) is 0 Å². The van der Waals surface area contributed by atoms with Crippen molar-refractivity contribution < 1.29 is 4.74 Å². The number of aromatic nitrogens is 1. The van der Waals surface area contributed by atoms with Gasteiger partial charge in [0.2, 0.25) is 0 Å². The molecule has 3 nitrogen and oxygen atoms in total. The summed E-state index contributed by atoms with van der Waals surface area (Å²) in [5, 5.41) is 3.41. The number of pyridine rings is 1. The minimum atomic E-state index is 0.397. The molecule has 0 amide bonds. The van der Waals surface area contributed by atoms with Gasteiger partial charge in [0.1, 0.15) is 0 Å². The highest BCUT2D eigenvalue weighted by Gasteiger charge is 2.12. The summed E-state index contributed by atoms with van der Waals surface area (Å²) >= 11 is 3.42. The van der Waals surface area contributed by atoms with Crippen LogP contribution in [-0.2, 0) is 11.3 Å². The molecule has 16 heavy (non-hydrogen) atoms. The minimum Gasteiger partial charge on any atom is -0.377 e. The molecule has 0 radical (unpaired) electrons. The largest absolute Gasteiger partial charge is 0.377 e. The lowest BCUT2D eigenvalue weighted by Gasteiger charge is -2.22. The number of hydrogen-bond donors (Lipinski definition) is 1. The van der Waals surface area contributed by atoms with E-state index in [0.717, 1.165) is 24.2 Å². The van der Waals surface area contributed by atoms with E-state index in [1.165, 1.54) is 24.8 Å². The third kappa shape index (κ3) is 3.85. The van der Waals surface area contributed by atoms with Crippen LogP contribution in [0.1, 0.15) is 24.8 Å². The number of ether oxygens (including phenoxy) is 1. The molecule has 1 aromatic rings. The molecule has 1 unspecified atom stereocenters. The highest BCUT2D eigenvalue weighted by atomic mass is 79.9. The monoisotopic (exact) mass is 284 g/mol. The van der Waals surface area contributed by atoms with Crippen molar-refractivity contribution in [3.8, 4) is 0 Å². The number of hydrogen-bond acceptors (Lipinski definition) is 3. The second-order valence-electron chi connectivity index (χ2n) is 4.13. The van der Waals surface area contributed by atoms with Crippen molar-refractivity contribution in [3.05, 3.63) is 28.5 Å². The summed E-state index contributed by atoms with van der Waals surface area (Å²) in [5.74, 6) is 0. The highest BCUT2D eigenvalue weighted by molar-refractivity contribution is 9.10. The Morgan fingerprint density at radius 2 is 2.38 bits per heavy atom. The van der Waals surface area contributed by atoms with Crippen LogP contribution in [0, 0.1) is 0 Å². The fraction of sp³-hybridized carbons (Fsp3) is 0.583. The molecule has 1 saturated heterocycles. The Balaban J connectivity index is 1.71. The van der Waals surface area contributed by atoms with Crippen LogP contribution in [-0.4, -0.2) is 24.2 Å². The van der Waals surface area contributed by atoms with Crippen molar-refractivity contribution in [2.24, 2.45) is 0 Å². The molecule has 1 atom stereocenters. The summed E-state index contributed by atoms with van der Waals surface area (Å²) in [6, 6.07) is 2.09. The van der Waals surface area contributed by atoms with E-state index in [9.17, 15) is 0 Å². The van der Waals surface area contributed by atoms with Gasteiger partial charge < -0.3 is 10.1 Å². The first-order valence-corrected chi connectivity index (χ1v) is 6.55. The Bertz CT molecular complexity index is 327. The molecule has 0 saturated carbocycles. The summed E-state index contributed by atoms with van der Waals surface area (Å²) in [7, 11) is 0. The second-order valence-corrected chi connectivity index (χ2v) is 5.05. The van der Waals surface area contributed by atoms with Crippen molar-refractivity contribution in [3.63, 3.8) is 0 Å². The third-order valence-electron chi connectivity index (χ3n) is 2.74. The SMILES string of the molecule is Brc1cncc(CNCC2CCCCO2)c1. The van der Waals surface area contributed by atoms with Crippen molar-refractivity contribution >= 4 is 15.9 Å². The van der Waals surface area contributed by atoms with Gasteiger partial charge in [-0.05, 0) is 46.8 Å². The molecule has 1 aliphatic rings. The molecular weight excluding hydrogens is 268 g/mol. The Morgan fingerprint density at radius 1 is 1.44 bits per heavy atom. The van der Waals surface area contributed by atoms with Crippen LogP contribution >= 0.6 is 15.9 Å². The molecule has 2 heterocycles. The molecule has 1 N–H and O–H groups in total. The smallest absolute Gasteiger partial charge is 0.0699 e. The van der Waals surface area contributed by atoms with Gasteiger partial charge in [-0.15, -0.1) is 0 Å². The lowest BCUT2D eigenvalue weighted by Crippen LogP contribution is -2.31. The van der Waals surface area contributed by atoms with Crippen LogP contribution in [0.2, 0.25) is 0 Å². The fourth-order valence-electron chi connectivity index (χ4n) is 1.90. The predicted molar refractivity (Wildman–Crippen MR) is 67.2 cm³/mol. The Morgan fingerprint density at radius 3 is 3.12 bits per heavy atom. The Hall–Kier alpha value is -0.450. The van der Waals surface area contributed by atoms with Crippen LogP contribution in [0.5, 0.6) is 0 Å². The van der Waals surface area contributed by atoms with E-state index in [0.29, 0.717) is 6.10 Å². The van der Waals surface area contributed by atoms with Gasteiger partial charge in [0.15, 0.2) is 0 Å². The lowest BCUT2D eigenvalue weighted by atomic mass is 10.1. The zero-order valence-corrected chi connectivity index (χ0v) is 10.9. The molecule has 2 rings (SSSR count). The van der Waals surface area contributed by atoms with Crippen LogP contribution < -0.4 is 5.32 Å². The summed E-state index contributed by atoms with van der Waals surface area (Å²) in [6.07, 6.45) is 7.78. The zero-order chi connectivity index (χ0) is 11.2. The normalized spacial score (nSPS) is 20.9. The van der Waals surface area contributed by atoms with Crippen molar-refractivity contribution in [1.82, 2.24) is 10.3 Å². The number of nitrogens with one attached hydrogen (secondary N) is 1. The molecule has 0 aromatic carbocycles. The van der Waals surface area contributed by atoms with Gasteiger partial charge in [0, 0.05) is 36.6 Å². The fourth-order valence-corrected chi connectivity index (χ4v) is 2.31. The van der Waals surface area contributed by atoms with Crippen LogP contribution in [0.15, 0.2) is 22.9 Å². The second kappa shape index (κ2) is 6.33. The van der Waals surface area contributed by atoms with Crippen molar-refractivity contribution in [2.75, 3.05) is 13.2 Å². The maximum Gasteiger partial charge on any atom is 0.0699 e. The zero-order valence-electron chi connectivity index (χ0n) is 9.29. The van der Waals surface area contributed by atoms with Gasteiger partial charge in [0.25, 0.3) is 0 Å². The van der Waals surface area contributed by atoms with Crippen LogP contribution in [0.4, 0.5) is 0 Å². The van der Waals surface area contributed by atoms with E-state index in [4.69, 9.17) is 4.74 Å². The van der Waals surface area contributed by atoms with Gasteiger partial charge in [-0.1, -0.05) is 0 Å². The average molecular weight is 285 g/mol. The molecule has 4 heteroatoms. The Labute approximate surface area is 105 Å². The van der Waals surface area contributed by atoms with Crippen LogP contribution in [0.3, 0.4) is 0 Å². The number of rotatable bonds is 4. The van der Waals surface area contributed by atoms with Gasteiger partial charge in [0.05, 0.1) is 6.10 Å². The molecule has 1 aliphatic heterocycles. The quantitative estimate of drug-likeness (QED) is 0.923. The molecule has 0 spiro atoms. The molecule has 1 fully saturated rings. The minimum absolute atomic E-state index is 0.397. The lowest BCUT2D eigenvalue weighted by molar-refractivity contribution is 0.0168. The molecule has 88 valence electrons. The molecule has 1 aromatic heterocycles. The first-order chi connectivity index (χ1) is 7.84. The van der Waals surface area contributed by atoms with E-state index < -0.39 is 0 Å². The van der Waals surface area contributed by atoms with Gasteiger partial charge in [-0.2, -0.15) is 0 Å². The van der Waals surface area contributed by atoms with E-state index in [2.05, 4.69) is 32.3 Å². The molecule has 0 bridgehead atoms. The maximum atomic E-state index is 5.65.